The topological polar surface area (TPSA) is 46.5 Å². The van der Waals surface area contributed by atoms with Crippen LogP contribution in [0.2, 0.25) is 0 Å². The number of benzene rings is 2. The molecule has 0 saturated heterocycles. The lowest BCUT2D eigenvalue weighted by Gasteiger charge is -2.14. The van der Waals surface area contributed by atoms with Gasteiger partial charge in [0.1, 0.15) is 5.75 Å². The second-order valence-corrected chi connectivity index (χ2v) is 6.75. The molecule has 0 bridgehead atoms. The molecule has 26 heavy (non-hydrogen) atoms. The van der Waals surface area contributed by atoms with Crippen LogP contribution < -0.4 is 4.74 Å². The fourth-order valence-electron chi connectivity index (χ4n) is 3.35. The third kappa shape index (κ3) is 6.55. The highest BCUT2D eigenvalue weighted by Crippen LogP contribution is 2.34. The SMILES string of the molecule is CCCCCCCCCCc1cccc(OC(=O)O)c1-c1ccccc1. The van der Waals surface area contributed by atoms with Gasteiger partial charge in [-0.05, 0) is 30.0 Å². The van der Waals surface area contributed by atoms with Gasteiger partial charge in [0.25, 0.3) is 0 Å². The molecule has 0 spiro atoms. The summed E-state index contributed by atoms with van der Waals surface area (Å²) in [6, 6.07) is 15.6. The van der Waals surface area contributed by atoms with E-state index in [1.165, 1.54) is 44.9 Å². The molecule has 0 saturated carbocycles. The average Bonchev–Trinajstić information content (AvgIpc) is 2.64. The van der Waals surface area contributed by atoms with E-state index in [2.05, 4.69) is 13.0 Å². The van der Waals surface area contributed by atoms with Gasteiger partial charge >= 0.3 is 6.16 Å². The number of aryl methyl sites for hydroxylation is 1. The second-order valence-electron chi connectivity index (χ2n) is 6.75. The molecule has 1 N–H and O–H groups in total. The summed E-state index contributed by atoms with van der Waals surface area (Å²) in [5.74, 6) is 0.417. The fraction of sp³-hybridized carbons (Fsp3) is 0.435. The van der Waals surface area contributed by atoms with Crippen molar-refractivity contribution < 1.29 is 14.6 Å². The van der Waals surface area contributed by atoms with E-state index in [1.54, 1.807) is 6.07 Å². The van der Waals surface area contributed by atoms with E-state index < -0.39 is 6.16 Å². The Morgan fingerprint density at radius 2 is 1.50 bits per heavy atom. The van der Waals surface area contributed by atoms with Crippen LogP contribution in [-0.4, -0.2) is 11.3 Å². The van der Waals surface area contributed by atoms with Gasteiger partial charge in [-0.25, -0.2) is 4.79 Å². The number of unbranched alkanes of at least 4 members (excludes halogenated alkanes) is 7. The van der Waals surface area contributed by atoms with Gasteiger partial charge in [-0.1, -0.05) is 94.3 Å². The molecule has 2 aromatic rings. The van der Waals surface area contributed by atoms with E-state index in [9.17, 15) is 4.79 Å². The lowest BCUT2D eigenvalue weighted by atomic mass is 9.94. The molecule has 0 heterocycles. The molecule has 0 radical (unpaired) electrons. The molecule has 0 fully saturated rings. The molecular weight excluding hydrogens is 324 g/mol. The summed E-state index contributed by atoms with van der Waals surface area (Å²) in [7, 11) is 0. The Morgan fingerprint density at radius 3 is 2.15 bits per heavy atom. The molecule has 0 aliphatic rings. The quantitative estimate of drug-likeness (QED) is 0.266. The van der Waals surface area contributed by atoms with Gasteiger partial charge in [-0.3, -0.25) is 0 Å². The molecule has 0 amide bonds. The van der Waals surface area contributed by atoms with E-state index in [0.717, 1.165) is 29.5 Å². The normalized spacial score (nSPS) is 10.7. The van der Waals surface area contributed by atoms with Gasteiger partial charge in [0, 0.05) is 5.56 Å². The Labute approximate surface area is 157 Å². The van der Waals surface area contributed by atoms with Crippen molar-refractivity contribution in [1.29, 1.82) is 0 Å². The molecular formula is C23H30O3. The highest BCUT2D eigenvalue weighted by molar-refractivity contribution is 5.77. The number of rotatable bonds is 11. The van der Waals surface area contributed by atoms with Crippen molar-refractivity contribution in [2.75, 3.05) is 0 Å². The van der Waals surface area contributed by atoms with Gasteiger partial charge < -0.3 is 9.84 Å². The number of ether oxygens (including phenoxy) is 1. The minimum atomic E-state index is -1.27. The van der Waals surface area contributed by atoms with Crippen LogP contribution in [0.3, 0.4) is 0 Å². The minimum absolute atomic E-state index is 0.417. The summed E-state index contributed by atoms with van der Waals surface area (Å²) >= 11 is 0. The Bertz CT molecular complexity index is 664. The van der Waals surface area contributed by atoms with Crippen LogP contribution in [0.4, 0.5) is 4.79 Å². The summed E-state index contributed by atoms with van der Waals surface area (Å²) in [4.78, 5) is 11.0. The first kappa shape index (κ1) is 20.0. The lowest BCUT2D eigenvalue weighted by molar-refractivity contribution is 0.144. The second kappa shape index (κ2) is 11.3. The van der Waals surface area contributed by atoms with E-state index in [0.29, 0.717) is 5.75 Å². The molecule has 2 aromatic carbocycles. The van der Waals surface area contributed by atoms with E-state index in [1.807, 2.05) is 36.4 Å². The summed E-state index contributed by atoms with van der Waals surface area (Å²) in [6.45, 7) is 2.24. The monoisotopic (exact) mass is 354 g/mol. The van der Waals surface area contributed by atoms with Crippen molar-refractivity contribution in [1.82, 2.24) is 0 Å². The van der Waals surface area contributed by atoms with Crippen molar-refractivity contribution >= 4 is 6.16 Å². The predicted molar refractivity (Wildman–Crippen MR) is 107 cm³/mol. The number of hydrogen-bond acceptors (Lipinski definition) is 2. The van der Waals surface area contributed by atoms with E-state index >= 15 is 0 Å². The molecule has 3 heteroatoms. The van der Waals surface area contributed by atoms with Gasteiger partial charge in [0.15, 0.2) is 0 Å². The molecule has 0 aliphatic heterocycles. The van der Waals surface area contributed by atoms with Gasteiger partial charge in [0.2, 0.25) is 0 Å². The Hall–Kier alpha value is -2.29. The standard InChI is InChI=1S/C23H30O3/c1-2-3-4-5-6-7-8-10-14-20-17-13-18-21(26-23(24)25)22(20)19-15-11-9-12-16-19/h9,11-13,15-18H,2-8,10,14H2,1H3,(H,24,25). The average molecular weight is 354 g/mol. The van der Waals surface area contributed by atoms with Crippen LogP contribution in [0, 0.1) is 0 Å². The Balaban J connectivity index is 2.00. The molecule has 0 atom stereocenters. The van der Waals surface area contributed by atoms with Crippen LogP contribution in [0.25, 0.3) is 11.1 Å². The maximum absolute atomic E-state index is 11.0. The van der Waals surface area contributed by atoms with Crippen LogP contribution in [-0.2, 0) is 6.42 Å². The summed E-state index contributed by atoms with van der Waals surface area (Å²) in [6.07, 6.45) is 9.90. The maximum Gasteiger partial charge on any atom is 0.511 e. The third-order valence-electron chi connectivity index (χ3n) is 4.67. The maximum atomic E-state index is 11.0. The van der Waals surface area contributed by atoms with Crippen LogP contribution in [0.5, 0.6) is 5.75 Å². The summed E-state index contributed by atoms with van der Waals surface area (Å²) in [5.41, 5.74) is 3.05. The predicted octanol–water partition coefficient (Wildman–Crippen LogP) is 7.09. The van der Waals surface area contributed by atoms with Crippen molar-refractivity contribution in [2.24, 2.45) is 0 Å². The van der Waals surface area contributed by atoms with Crippen LogP contribution >= 0.6 is 0 Å². The highest BCUT2D eigenvalue weighted by atomic mass is 16.7. The van der Waals surface area contributed by atoms with E-state index in [4.69, 9.17) is 9.84 Å². The molecule has 140 valence electrons. The van der Waals surface area contributed by atoms with Crippen LogP contribution in [0.15, 0.2) is 48.5 Å². The highest BCUT2D eigenvalue weighted by Gasteiger charge is 2.14. The minimum Gasteiger partial charge on any atom is -0.449 e. The van der Waals surface area contributed by atoms with E-state index in [-0.39, 0.29) is 0 Å². The molecule has 3 nitrogen and oxygen atoms in total. The van der Waals surface area contributed by atoms with Gasteiger partial charge in [-0.2, -0.15) is 0 Å². The van der Waals surface area contributed by atoms with Crippen molar-refractivity contribution in [3.63, 3.8) is 0 Å². The first-order valence-corrected chi connectivity index (χ1v) is 9.80. The lowest BCUT2D eigenvalue weighted by Crippen LogP contribution is -2.05. The Morgan fingerprint density at radius 1 is 0.846 bits per heavy atom. The Kier molecular flexibility index (Phi) is 8.74. The molecule has 0 aliphatic carbocycles. The first-order valence-electron chi connectivity index (χ1n) is 9.80. The zero-order valence-corrected chi connectivity index (χ0v) is 15.7. The van der Waals surface area contributed by atoms with Gasteiger partial charge in [0.05, 0.1) is 0 Å². The molecule has 0 aromatic heterocycles. The van der Waals surface area contributed by atoms with Crippen LogP contribution in [0.1, 0.15) is 63.9 Å². The smallest absolute Gasteiger partial charge is 0.449 e. The molecule has 2 rings (SSSR count). The van der Waals surface area contributed by atoms with Crippen molar-refractivity contribution in [2.45, 2.75) is 64.7 Å². The number of carbonyl (C=O) groups is 1. The van der Waals surface area contributed by atoms with Crippen molar-refractivity contribution in [3.8, 4) is 16.9 Å². The van der Waals surface area contributed by atoms with Crippen molar-refractivity contribution in [3.05, 3.63) is 54.1 Å². The first-order chi connectivity index (χ1) is 12.7. The fourth-order valence-corrected chi connectivity index (χ4v) is 3.35. The number of hydrogen-bond donors (Lipinski definition) is 1. The summed E-state index contributed by atoms with van der Waals surface area (Å²) in [5, 5.41) is 9.04. The summed E-state index contributed by atoms with van der Waals surface area (Å²) < 4.78 is 5.04. The largest absolute Gasteiger partial charge is 0.511 e. The zero-order valence-electron chi connectivity index (χ0n) is 15.7. The third-order valence-corrected chi connectivity index (χ3v) is 4.67. The van der Waals surface area contributed by atoms with Gasteiger partial charge in [-0.15, -0.1) is 0 Å². The number of carboxylic acid groups (broad SMARTS) is 1. The zero-order chi connectivity index (χ0) is 18.6. The molecule has 0 unspecified atom stereocenters.